The normalized spacial score (nSPS) is 11.2. The second-order valence-electron chi connectivity index (χ2n) is 3.61. The van der Waals surface area contributed by atoms with Crippen molar-refractivity contribution in [3.8, 4) is 0 Å². The molecule has 1 aromatic rings. The van der Waals surface area contributed by atoms with Crippen LogP contribution in [0.15, 0.2) is 17.4 Å². The Morgan fingerprint density at radius 1 is 1.55 bits per heavy atom. The number of ether oxygens (including phenoxy) is 2. The van der Waals surface area contributed by atoms with E-state index in [4.69, 9.17) is 14.6 Å². The highest BCUT2D eigenvalue weighted by molar-refractivity contribution is 7.98. The number of thioether (sulfide) groups is 1. The Morgan fingerprint density at radius 2 is 2.25 bits per heavy atom. The van der Waals surface area contributed by atoms with Crippen molar-refractivity contribution in [3.05, 3.63) is 17.8 Å². The molecule has 0 atom stereocenters. The third-order valence-corrected chi connectivity index (χ3v) is 2.91. The van der Waals surface area contributed by atoms with Crippen LogP contribution in [0, 0.1) is 0 Å². The van der Waals surface area contributed by atoms with Gasteiger partial charge in [0.05, 0.1) is 6.54 Å². The Kier molecular flexibility index (Phi) is 6.99. The fourth-order valence-corrected chi connectivity index (χ4v) is 1.68. The van der Waals surface area contributed by atoms with Crippen LogP contribution in [0.25, 0.3) is 6.08 Å². The highest BCUT2D eigenvalue weighted by atomic mass is 32.2. The topological polar surface area (TPSA) is 93.6 Å². The van der Waals surface area contributed by atoms with Gasteiger partial charge in [-0.1, -0.05) is 11.8 Å². The lowest BCUT2D eigenvalue weighted by molar-refractivity contribution is -0.131. The van der Waals surface area contributed by atoms with Gasteiger partial charge in [0.1, 0.15) is 5.82 Å². The highest BCUT2D eigenvalue weighted by Crippen LogP contribution is 2.18. The fraction of sp³-hybridized carbons (Fsp3) is 0.417. The molecule has 1 heterocycles. The third-order valence-electron chi connectivity index (χ3n) is 2.34. The summed E-state index contributed by atoms with van der Waals surface area (Å²) >= 11 is 1.40. The minimum atomic E-state index is -1.03. The molecule has 0 aliphatic rings. The molecule has 0 spiro atoms. The summed E-state index contributed by atoms with van der Waals surface area (Å²) in [6, 6.07) is 0. The van der Waals surface area contributed by atoms with Crippen molar-refractivity contribution >= 4 is 29.6 Å². The lowest BCUT2D eigenvalue weighted by atomic mass is 10.2. The molecule has 0 bridgehead atoms. The van der Waals surface area contributed by atoms with Crippen molar-refractivity contribution in [1.82, 2.24) is 9.97 Å². The van der Waals surface area contributed by atoms with Crippen molar-refractivity contribution < 1.29 is 19.4 Å². The molecule has 8 heteroatoms. The molecule has 0 unspecified atom stereocenters. The number of nitrogens with one attached hydrogen (secondary N) is 1. The number of aromatic nitrogens is 2. The number of rotatable bonds is 8. The van der Waals surface area contributed by atoms with Crippen LogP contribution in [0.2, 0.25) is 0 Å². The largest absolute Gasteiger partial charge is 0.478 e. The lowest BCUT2D eigenvalue weighted by Crippen LogP contribution is -2.24. The van der Waals surface area contributed by atoms with Gasteiger partial charge in [-0.2, -0.15) is 0 Å². The molecule has 0 aromatic carbocycles. The van der Waals surface area contributed by atoms with Crippen LogP contribution >= 0.6 is 11.8 Å². The van der Waals surface area contributed by atoms with Gasteiger partial charge in [-0.25, -0.2) is 14.8 Å². The van der Waals surface area contributed by atoms with Gasteiger partial charge in [0.15, 0.2) is 11.4 Å². The zero-order chi connectivity index (χ0) is 15.0. The fourth-order valence-electron chi connectivity index (χ4n) is 1.34. The summed E-state index contributed by atoms with van der Waals surface area (Å²) in [7, 11) is 3.07. The second kappa shape index (κ2) is 8.51. The summed E-state index contributed by atoms with van der Waals surface area (Å²) in [6.07, 6.45) is 5.48. The van der Waals surface area contributed by atoms with Gasteiger partial charge in [-0.15, -0.1) is 0 Å². The Hall–Kier alpha value is -1.64. The van der Waals surface area contributed by atoms with E-state index in [1.165, 1.54) is 32.1 Å². The van der Waals surface area contributed by atoms with Gasteiger partial charge in [-0.3, -0.25) is 0 Å². The quantitative estimate of drug-likeness (QED) is 0.321. The number of hydrogen-bond acceptors (Lipinski definition) is 7. The minimum Gasteiger partial charge on any atom is -0.478 e. The molecular weight excluding hydrogens is 282 g/mol. The molecule has 0 aliphatic heterocycles. The number of aliphatic carboxylic acids is 1. The molecule has 0 saturated heterocycles. The number of hydrogen-bond donors (Lipinski definition) is 2. The first-order valence-electron chi connectivity index (χ1n) is 5.72. The molecule has 110 valence electrons. The zero-order valence-corrected chi connectivity index (χ0v) is 12.3. The minimum absolute atomic E-state index is 0.381. The number of carboxylic acid groups (broad SMARTS) is 1. The van der Waals surface area contributed by atoms with Crippen LogP contribution in [0.5, 0.6) is 0 Å². The summed E-state index contributed by atoms with van der Waals surface area (Å²) in [6.45, 7) is 0.381. The second-order valence-corrected chi connectivity index (χ2v) is 4.39. The van der Waals surface area contributed by atoms with Crippen molar-refractivity contribution in [2.24, 2.45) is 0 Å². The maximum atomic E-state index is 10.6. The molecule has 0 saturated carbocycles. The first-order chi connectivity index (χ1) is 9.60. The SMILES string of the molecule is COC(CNc1nc(SC)ncc1/C=C/C(=O)O)OC. The van der Waals surface area contributed by atoms with Crippen molar-refractivity contribution in [3.63, 3.8) is 0 Å². The summed E-state index contributed by atoms with van der Waals surface area (Å²) in [5.74, 6) is -0.502. The molecule has 7 nitrogen and oxygen atoms in total. The monoisotopic (exact) mass is 299 g/mol. The summed E-state index contributed by atoms with van der Waals surface area (Å²) in [5.41, 5.74) is 0.580. The zero-order valence-electron chi connectivity index (χ0n) is 11.5. The van der Waals surface area contributed by atoms with E-state index in [9.17, 15) is 4.79 Å². The summed E-state index contributed by atoms with van der Waals surface area (Å²) < 4.78 is 10.1. The number of carbonyl (C=O) groups is 1. The number of anilines is 1. The number of nitrogens with zero attached hydrogens (tertiary/aromatic N) is 2. The van der Waals surface area contributed by atoms with Crippen LogP contribution < -0.4 is 5.32 Å². The molecule has 1 aromatic heterocycles. The van der Waals surface area contributed by atoms with Crippen molar-refractivity contribution in [2.45, 2.75) is 11.4 Å². The maximum absolute atomic E-state index is 10.6. The average molecular weight is 299 g/mol. The van der Waals surface area contributed by atoms with Gasteiger partial charge >= 0.3 is 5.97 Å². The summed E-state index contributed by atoms with van der Waals surface area (Å²) in [4.78, 5) is 19.0. The Balaban J connectivity index is 2.91. The predicted octanol–water partition coefficient (Wildman–Crippen LogP) is 1.33. The van der Waals surface area contributed by atoms with Gasteiger partial charge in [0.25, 0.3) is 0 Å². The first kappa shape index (κ1) is 16.4. The van der Waals surface area contributed by atoms with Crippen LogP contribution in [0.3, 0.4) is 0 Å². The van der Waals surface area contributed by atoms with E-state index < -0.39 is 12.3 Å². The van der Waals surface area contributed by atoms with E-state index in [2.05, 4.69) is 15.3 Å². The van der Waals surface area contributed by atoms with E-state index >= 15 is 0 Å². The standard InChI is InChI=1S/C12H17N3O4S/c1-18-10(19-2)7-13-11-8(4-5-9(16)17)6-14-12(15-11)20-3/h4-6,10H,7H2,1-3H3,(H,16,17)(H,13,14,15)/b5-4+. The van der Waals surface area contributed by atoms with E-state index in [1.54, 1.807) is 6.20 Å². The first-order valence-corrected chi connectivity index (χ1v) is 6.94. The lowest BCUT2D eigenvalue weighted by Gasteiger charge is -2.15. The van der Waals surface area contributed by atoms with Gasteiger partial charge in [-0.05, 0) is 12.3 Å². The molecule has 1 rings (SSSR count). The van der Waals surface area contributed by atoms with Gasteiger partial charge in [0, 0.05) is 32.1 Å². The van der Waals surface area contributed by atoms with E-state index in [1.807, 2.05) is 6.26 Å². The third kappa shape index (κ3) is 5.16. The average Bonchev–Trinajstić information content (AvgIpc) is 2.46. The van der Waals surface area contributed by atoms with E-state index in [0.29, 0.717) is 23.1 Å². The molecular formula is C12H17N3O4S. The van der Waals surface area contributed by atoms with Crippen molar-refractivity contribution in [2.75, 3.05) is 32.3 Å². The van der Waals surface area contributed by atoms with Crippen LogP contribution in [0.1, 0.15) is 5.56 Å². The smallest absolute Gasteiger partial charge is 0.328 e. The maximum Gasteiger partial charge on any atom is 0.328 e. The molecule has 0 fully saturated rings. The molecule has 20 heavy (non-hydrogen) atoms. The predicted molar refractivity (Wildman–Crippen MR) is 76.8 cm³/mol. The van der Waals surface area contributed by atoms with Crippen LogP contribution in [-0.4, -0.2) is 54.4 Å². The molecule has 0 aliphatic carbocycles. The Morgan fingerprint density at radius 3 is 2.80 bits per heavy atom. The summed E-state index contributed by atoms with van der Waals surface area (Å²) in [5, 5.41) is 12.3. The number of methoxy groups -OCH3 is 2. The molecule has 0 radical (unpaired) electrons. The van der Waals surface area contributed by atoms with E-state index in [0.717, 1.165) is 6.08 Å². The van der Waals surface area contributed by atoms with E-state index in [-0.39, 0.29) is 0 Å². The Bertz CT molecular complexity index is 478. The molecule has 2 N–H and O–H groups in total. The van der Waals surface area contributed by atoms with Gasteiger partial charge < -0.3 is 19.9 Å². The van der Waals surface area contributed by atoms with Gasteiger partial charge in [0.2, 0.25) is 0 Å². The van der Waals surface area contributed by atoms with Crippen LogP contribution in [-0.2, 0) is 14.3 Å². The Labute approximate surface area is 121 Å². The van der Waals surface area contributed by atoms with Crippen molar-refractivity contribution in [1.29, 1.82) is 0 Å². The van der Waals surface area contributed by atoms with Crippen LogP contribution in [0.4, 0.5) is 5.82 Å². The highest BCUT2D eigenvalue weighted by Gasteiger charge is 2.09. The number of carboxylic acids is 1. The molecule has 0 amide bonds.